The Balaban J connectivity index is 0.000000506. The third-order valence-corrected chi connectivity index (χ3v) is 2.03. The maximum atomic E-state index is 11.4. The zero-order valence-electron chi connectivity index (χ0n) is 14.7. The summed E-state index contributed by atoms with van der Waals surface area (Å²) in [6, 6.07) is 0. The molecule has 0 aliphatic carbocycles. The largest absolute Gasteiger partial charge is 0.480 e. The molecular weight excluding hydrogens is 320 g/mol. The normalized spacial score (nSPS) is 11.2. The van der Waals surface area contributed by atoms with Crippen molar-refractivity contribution in [3.8, 4) is 0 Å². The fraction of sp³-hybridized carbons (Fsp3) is 0.600. The van der Waals surface area contributed by atoms with Gasteiger partial charge in [0.05, 0.1) is 5.60 Å². The third-order valence-electron chi connectivity index (χ3n) is 2.03. The van der Waals surface area contributed by atoms with Crippen molar-refractivity contribution >= 4 is 18.0 Å². The molecule has 0 unspecified atom stereocenters. The lowest BCUT2D eigenvalue weighted by Crippen LogP contribution is -2.26. The van der Waals surface area contributed by atoms with Gasteiger partial charge in [-0.1, -0.05) is 0 Å². The molecule has 9 heteroatoms. The summed E-state index contributed by atoms with van der Waals surface area (Å²) in [5.41, 5.74) is -1.16. The highest BCUT2D eigenvalue weighted by Crippen LogP contribution is 2.09. The average molecular weight is 344 g/mol. The number of carboxylic acids is 2. The van der Waals surface area contributed by atoms with Crippen molar-refractivity contribution in [1.82, 2.24) is 9.55 Å². The van der Waals surface area contributed by atoms with E-state index in [1.165, 1.54) is 0 Å². The van der Waals surface area contributed by atoms with Crippen molar-refractivity contribution < 1.29 is 34.1 Å². The highest BCUT2D eigenvalue weighted by molar-refractivity contribution is 5.86. The first-order chi connectivity index (χ1) is 10.7. The summed E-state index contributed by atoms with van der Waals surface area (Å²) < 4.78 is 10.9. The summed E-state index contributed by atoms with van der Waals surface area (Å²) in [5.74, 6) is -2.11. The summed E-state index contributed by atoms with van der Waals surface area (Å²) in [4.78, 5) is 35.3. The Kier molecular flexibility index (Phi) is 7.59. The lowest BCUT2D eigenvalue weighted by molar-refractivity contribution is -0.147. The van der Waals surface area contributed by atoms with E-state index in [4.69, 9.17) is 19.7 Å². The summed E-state index contributed by atoms with van der Waals surface area (Å²) >= 11 is 0. The number of hydrogen-bond donors (Lipinski definition) is 2. The summed E-state index contributed by atoms with van der Waals surface area (Å²) in [6.07, 6.45) is 1.57. The summed E-state index contributed by atoms with van der Waals surface area (Å²) in [6.45, 7) is 10.4. The molecule has 0 aliphatic heterocycles. The number of aromatic nitrogens is 2. The topological polar surface area (TPSA) is 128 Å². The molecule has 0 saturated carbocycles. The molecule has 2 N–H and O–H groups in total. The molecular formula is C15H24N2O7. The molecule has 1 aromatic rings. The van der Waals surface area contributed by atoms with Crippen LogP contribution in [0.4, 0.5) is 4.79 Å². The average Bonchev–Trinajstić information content (AvgIpc) is 2.84. The smallest absolute Gasteiger partial charge is 0.419 e. The van der Waals surface area contributed by atoms with Crippen LogP contribution in [0.3, 0.4) is 0 Å². The molecule has 0 bridgehead atoms. The second kappa shape index (κ2) is 8.44. The molecule has 0 atom stereocenters. The number of aliphatic carboxylic acids is 1. The minimum Gasteiger partial charge on any atom is -0.480 e. The fourth-order valence-corrected chi connectivity index (χ4v) is 1.13. The molecule has 0 radical (unpaired) electrons. The zero-order chi connectivity index (χ0) is 19.1. The number of carboxylic acid groups (broad SMARTS) is 2. The molecule has 0 amide bonds. The summed E-state index contributed by atoms with van der Waals surface area (Å²) in [7, 11) is 0. The molecule has 9 nitrogen and oxygen atoms in total. The minimum atomic E-state index is -1.18. The lowest BCUT2D eigenvalue weighted by Gasteiger charge is -2.18. The maximum Gasteiger partial charge on any atom is 0.419 e. The van der Waals surface area contributed by atoms with Crippen molar-refractivity contribution in [2.45, 2.75) is 52.7 Å². The van der Waals surface area contributed by atoms with Gasteiger partial charge in [-0.05, 0) is 41.5 Å². The predicted molar refractivity (Wildman–Crippen MR) is 84.2 cm³/mol. The van der Waals surface area contributed by atoms with Crippen LogP contribution in [0, 0.1) is 0 Å². The van der Waals surface area contributed by atoms with Crippen LogP contribution in [0.2, 0.25) is 0 Å². The van der Waals surface area contributed by atoms with Crippen LogP contribution in [0.25, 0.3) is 0 Å². The van der Waals surface area contributed by atoms with Crippen LogP contribution < -0.4 is 0 Å². The molecule has 0 saturated heterocycles. The van der Waals surface area contributed by atoms with Gasteiger partial charge in [0.1, 0.15) is 18.5 Å². The molecule has 1 rings (SSSR count). The molecule has 0 fully saturated rings. The van der Waals surface area contributed by atoms with E-state index in [1.54, 1.807) is 20.8 Å². The molecule has 24 heavy (non-hydrogen) atoms. The highest BCUT2D eigenvalue weighted by Gasteiger charge is 2.19. The number of imidazole rings is 1. The van der Waals surface area contributed by atoms with Gasteiger partial charge in [-0.2, -0.15) is 0 Å². The minimum absolute atomic E-state index is 0.194. The number of carbonyl (C=O) groups is 3. The van der Waals surface area contributed by atoms with E-state index in [1.807, 2.05) is 20.8 Å². The fourth-order valence-electron chi connectivity index (χ4n) is 1.13. The van der Waals surface area contributed by atoms with Crippen molar-refractivity contribution in [3.63, 3.8) is 0 Å². The number of hydrogen-bond acceptors (Lipinski definition) is 6. The molecule has 136 valence electrons. The van der Waals surface area contributed by atoms with E-state index >= 15 is 0 Å². The quantitative estimate of drug-likeness (QED) is 0.854. The van der Waals surface area contributed by atoms with Crippen LogP contribution in [0.15, 0.2) is 12.5 Å². The second-order valence-electron chi connectivity index (χ2n) is 6.75. The molecule has 1 heterocycles. The van der Waals surface area contributed by atoms with Gasteiger partial charge in [-0.3, -0.25) is 0 Å². The van der Waals surface area contributed by atoms with Crippen molar-refractivity contribution in [2.75, 3.05) is 6.61 Å². The molecule has 0 aliphatic rings. The first-order valence-corrected chi connectivity index (χ1v) is 7.07. The van der Waals surface area contributed by atoms with Crippen molar-refractivity contribution in [2.24, 2.45) is 0 Å². The van der Waals surface area contributed by atoms with E-state index in [9.17, 15) is 14.4 Å². The Morgan fingerprint density at radius 2 is 1.62 bits per heavy atom. The Morgan fingerprint density at radius 3 is 1.92 bits per heavy atom. The van der Waals surface area contributed by atoms with Gasteiger partial charge in [0.2, 0.25) is 0 Å². The van der Waals surface area contributed by atoms with Crippen LogP contribution in [-0.4, -0.2) is 55.6 Å². The van der Waals surface area contributed by atoms with Crippen molar-refractivity contribution in [3.05, 3.63) is 18.2 Å². The number of carbonyl (C=O) groups excluding carboxylic acids is 1. The Labute approximate surface area is 140 Å². The SMILES string of the molecule is CC(C)(C)OC(=O)n1cnc(C(=O)O)c1.CC(C)(C)OCC(=O)O. The van der Waals surface area contributed by atoms with Gasteiger partial charge in [-0.15, -0.1) is 0 Å². The lowest BCUT2D eigenvalue weighted by atomic mass is 10.2. The second-order valence-corrected chi connectivity index (χ2v) is 6.75. The predicted octanol–water partition coefficient (Wildman–Crippen LogP) is 2.25. The highest BCUT2D eigenvalue weighted by atomic mass is 16.6. The Hall–Kier alpha value is -2.42. The zero-order valence-corrected chi connectivity index (χ0v) is 14.7. The molecule has 0 spiro atoms. The number of aromatic carboxylic acids is 1. The van der Waals surface area contributed by atoms with E-state index in [-0.39, 0.29) is 17.9 Å². The van der Waals surface area contributed by atoms with Crippen molar-refractivity contribution in [1.29, 1.82) is 0 Å². The first-order valence-electron chi connectivity index (χ1n) is 7.07. The third kappa shape index (κ3) is 10.3. The van der Waals surface area contributed by atoms with Crippen LogP contribution in [0.5, 0.6) is 0 Å². The monoisotopic (exact) mass is 344 g/mol. The van der Waals surface area contributed by atoms with Gasteiger partial charge in [-0.25, -0.2) is 23.9 Å². The Bertz CT molecular complexity index is 579. The van der Waals surface area contributed by atoms with Crippen LogP contribution in [-0.2, 0) is 14.3 Å². The van der Waals surface area contributed by atoms with Crippen LogP contribution in [0.1, 0.15) is 52.0 Å². The molecule has 1 aromatic heterocycles. The maximum absolute atomic E-state index is 11.4. The van der Waals surface area contributed by atoms with E-state index in [0.29, 0.717) is 0 Å². The van der Waals surface area contributed by atoms with Gasteiger partial charge < -0.3 is 19.7 Å². The summed E-state index contributed by atoms with van der Waals surface area (Å²) in [5, 5.41) is 16.7. The number of ether oxygens (including phenoxy) is 2. The van der Waals surface area contributed by atoms with Gasteiger partial charge in [0, 0.05) is 6.20 Å². The van der Waals surface area contributed by atoms with E-state index < -0.39 is 23.6 Å². The van der Waals surface area contributed by atoms with Crippen LogP contribution >= 0.6 is 0 Å². The van der Waals surface area contributed by atoms with Gasteiger partial charge in [0.15, 0.2) is 5.69 Å². The Morgan fingerprint density at radius 1 is 1.08 bits per heavy atom. The first kappa shape index (κ1) is 21.6. The van der Waals surface area contributed by atoms with Gasteiger partial charge in [0.25, 0.3) is 0 Å². The van der Waals surface area contributed by atoms with E-state index in [0.717, 1.165) is 17.1 Å². The number of nitrogens with zero attached hydrogens (tertiary/aromatic N) is 2. The number of rotatable bonds is 3. The molecule has 0 aromatic carbocycles. The van der Waals surface area contributed by atoms with E-state index in [2.05, 4.69) is 4.98 Å². The standard InChI is InChI=1S/C9H12N2O4.C6H12O3/c1-9(2,3)15-8(14)11-4-6(7(12)13)10-5-11;1-6(2,3)9-4-5(7)8/h4-5H,1-3H3,(H,12,13);4H2,1-3H3,(H,7,8). The van der Waals surface area contributed by atoms with Gasteiger partial charge >= 0.3 is 18.0 Å².